The van der Waals surface area contributed by atoms with Crippen molar-refractivity contribution in [3.63, 3.8) is 0 Å². The molecule has 4 aromatic rings. The number of hydrogen-bond acceptors (Lipinski definition) is 4. The lowest BCUT2D eigenvalue weighted by Crippen LogP contribution is -2.44. The molecule has 2 aromatic heterocycles. The van der Waals surface area contributed by atoms with Crippen molar-refractivity contribution in [1.29, 1.82) is 0 Å². The highest BCUT2D eigenvalue weighted by Gasteiger charge is 2.27. The lowest BCUT2D eigenvalue weighted by Gasteiger charge is -2.33. The molecule has 0 bridgehead atoms. The van der Waals surface area contributed by atoms with Gasteiger partial charge in [0.05, 0.1) is 16.6 Å². The molecule has 0 saturated carbocycles. The Hall–Kier alpha value is -3.38. The number of carbonyl (C=O) groups excluding carboxylic acids is 1. The normalized spacial score (nSPS) is 16.2. The summed E-state index contributed by atoms with van der Waals surface area (Å²) in [6, 6.07) is 19.9. The van der Waals surface area contributed by atoms with Gasteiger partial charge in [0, 0.05) is 37.6 Å². The molecule has 0 radical (unpaired) electrons. The van der Waals surface area contributed by atoms with Crippen LogP contribution in [-0.4, -0.2) is 40.1 Å². The topological polar surface area (TPSA) is 62.5 Å². The molecule has 1 atom stereocenters. The Bertz CT molecular complexity index is 1260. The number of piperidine rings is 1. The van der Waals surface area contributed by atoms with Gasteiger partial charge in [0.1, 0.15) is 5.52 Å². The molecule has 2 aromatic carbocycles. The summed E-state index contributed by atoms with van der Waals surface area (Å²) in [5.41, 5.74) is 3.84. The van der Waals surface area contributed by atoms with Crippen LogP contribution in [0.4, 0.5) is 5.82 Å². The molecule has 3 heterocycles. The second-order valence-corrected chi connectivity index (χ2v) is 8.81. The smallest absolute Gasteiger partial charge is 0.224 e. The Labute approximate surface area is 198 Å². The fourth-order valence-corrected chi connectivity index (χ4v) is 4.69. The van der Waals surface area contributed by atoms with Gasteiger partial charge in [0.15, 0.2) is 5.82 Å². The largest absolute Gasteiger partial charge is 0.355 e. The van der Waals surface area contributed by atoms with Gasteiger partial charge < -0.3 is 10.2 Å². The molecular formula is C26H26ClN5O. The predicted octanol–water partition coefficient (Wildman–Crippen LogP) is 4.63. The monoisotopic (exact) mass is 459 g/mol. The van der Waals surface area contributed by atoms with Crippen LogP contribution in [0.2, 0.25) is 5.02 Å². The van der Waals surface area contributed by atoms with Gasteiger partial charge in [-0.2, -0.15) is 5.10 Å². The lowest BCUT2D eigenvalue weighted by atomic mass is 9.97. The number of aromatic nitrogens is 3. The Morgan fingerprint density at radius 2 is 1.94 bits per heavy atom. The van der Waals surface area contributed by atoms with E-state index >= 15 is 0 Å². The molecule has 7 heteroatoms. The Kier molecular flexibility index (Phi) is 6.26. The van der Waals surface area contributed by atoms with Crippen molar-refractivity contribution in [2.24, 2.45) is 5.92 Å². The first kappa shape index (κ1) is 21.5. The quantitative estimate of drug-likeness (QED) is 0.457. The number of nitrogens with one attached hydrogen (secondary N) is 1. The fraction of sp³-hybridized carbons (Fsp3) is 0.269. The number of rotatable bonds is 6. The fourth-order valence-electron chi connectivity index (χ4n) is 4.46. The highest BCUT2D eigenvalue weighted by molar-refractivity contribution is 6.33. The van der Waals surface area contributed by atoms with Gasteiger partial charge in [-0.25, -0.2) is 9.50 Å². The van der Waals surface area contributed by atoms with Crippen LogP contribution in [0.1, 0.15) is 18.4 Å². The van der Waals surface area contributed by atoms with E-state index in [1.807, 2.05) is 59.2 Å². The second-order valence-electron chi connectivity index (χ2n) is 8.40. The number of amides is 1. The van der Waals surface area contributed by atoms with Crippen molar-refractivity contribution in [1.82, 2.24) is 19.9 Å². The van der Waals surface area contributed by atoms with Crippen LogP contribution in [0.5, 0.6) is 0 Å². The van der Waals surface area contributed by atoms with Crippen LogP contribution < -0.4 is 10.2 Å². The van der Waals surface area contributed by atoms with Gasteiger partial charge in [-0.3, -0.25) is 4.79 Å². The van der Waals surface area contributed by atoms with Crippen molar-refractivity contribution in [2.75, 3.05) is 24.5 Å². The van der Waals surface area contributed by atoms with E-state index in [4.69, 9.17) is 16.7 Å². The average molecular weight is 460 g/mol. The average Bonchev–Trinajstić information content (AvgIpc) is 3.29. The summed E-state index contributed by atoms with van der Waals surface area (Å²) in [4.78, 5) is 19.7. The van der Waals surface area contributed by atoms with E-state index in [9.17, 15) is 4.79 Å². The molecule has 5 rings (SSSR count). The molecule has 1 saturated heterocycles. The van der Waals surface area contributed by atoms with Crippen LogP contribution in [0.3, 0.4) is 0 Å². The number of benzene rings is 2. The number of hydrogen-bond donors (Lipinski definition) is 1. The van der Waals surface area contributed by atoms with Gasteiger partial charge in [-0.15, -0.1) is 0 Å². The van der Waals surface area contributed by atoms with Crippen molar-refractivity contribution in [2.45, 2.75) is 19.3 Å². The molecule has 1 aliphatic heterocycles. The maximum absolute atomic E-state index is 12.9. The van der Waals surface area contributed by atoms with E-state index in [2.05, 4.69) is 27.3 Å². The molecule has 1 N–H and O–H groups in total. The maximum atomic E-state index is 12.9. The number of anilines is 1. The van der Waals surface area contributed by atoms with Gasteiger partial charge in [-0.1, -0.05) is 60.1 Å². The van der Waals surface area contributed by atoms with Crippen LogP contribution in [0.25, 0.3) is 16.8 Å². The number of carbonyl (C=O) groups is 1. The van der Waals surface area contributed by atoms with Crippen molar-refractivity contribution in [3.8, 4) is 11.3 Å². The zero-order chi connectivity index (χ0) is 22.6. The highest BCUT2D eigenvalue weighted by atomic mass is 35.5. The van der Waals surface area contributed by atoms with Crippen LogP contribution in [0.15, 0.2) is 73.1 Å². The highest BCUT2D eigenvalue weighted by Crippen LogP contribution is 2.31. The molecule has 6 nitrogen and oxygen atoms in total. The molecule has 33 heavy (non-hydrogen) atoms. The summed E-state index contributed by atoms with van der Waals surface area (Å²) in [5.74, 6) is 0.917. The molecule has 0 aliphatic carbocycles. The zero-order valence-corrected chi connectivity index (χ0v) is 19.1. The third-order valence-corrected chi connectivity index (χ3v) is 6.50. The first-order valence-electron chi connectivity index (χ1n) is 11.3. The third-order valence-electron chi connectivity index (χ3n) is 6.17. The molecule has 168 valence electrons. The zero-order valence-electron chi connectivity index (χ0n) is 18.3. The van der Waals surface area contributed by atoms with Crippen LogP contribution >= 0.6 is 11.6 Å². The van der Waals surface area contributed by atoms with Gasteiger partial charge in [-0.05, 0) is 37.0 Å². The van der Waals surface area contributed by atoms with Crippen LogP contribution in [-0.2, 0) is 11.2 Å². The molecule has 0 spiro atoms. The van der Waals surface area contributed by atoms with Gasteiger partial charge in [0.25, 0.3) is 0 Å². The molecule has 1 aliphatic rings. The Morgan fingerprint density at radius 1 is 1.12 bits per heavy atom. The van der Waals surface area contributed by atoms with Gasteiger partial charge in [0.2, 0.25) is 5.91 Å². The van der Waals surface area contributed by atoms with E-state index in [0.29, 0.717) is 18.1 Å². The SMILES string of the molecule is O=C(NCCc1ccccc1)[C@@H]1CCCN(c2nccn3nc(-c4ccccc4Cl)cc23)C1. The molecular weight excluding hydrogens is 434 g/mol. The summed E-state index contributed by atoms with van der Waals surface area (Å²) < 4.78 is 1.84. The number of halogens is 1. The van der Waals surface area contributed by atoms with E-state index in [1.165, 1.54) is 5.56 Å². The van der Waals surface area contributed by atoms with Crippen molar-refractivity contribution < 1.29 is 4.79 Å². The maximum Gasteiger partial charge on any atom is 0.224 e. The molecule has 1 fully saturated rings. The van der Waals surface area contributed by atoms with Gasteiger partial charge >= 0.3 is 0 Å². The molecule has 1 amide bonds. The first-order valence-corrected chi connectivity index (χ1v) is 11.7. The Balaban J connectivity index is 1.30. The minimum atomic E-state index is -0.0532. The van der Waals surface area contributed by atoms with E-state index in [1.54, 1.807) is 6.20 Å². The number of nitrogens with zero attached hydrogens (tertiary/aromatic N) is 4. The van der Waals surface area contributed by atoms with E-state index in [0.717, 1.165) is 48.4 Å². The van der Waals surface area contributed by atoms with Crippen molar-refractivity contribution >= 4 is 28.8 Å². The third kappa shape index (κ3) is 4.71. The summed E-state index contributed by atoms with van der Waals surface area (Å²) >= 11 is 6.39. The van der Waals surface area contributed by atoms with E-state index < -0.39 is 0 Å². The summed E-state index contributed by atoms with van der Waals surface area (Å²) in [6.45, 7) is 2.17. The lowest BCUT2D eigenvalue weighted by molar-refractivity contribution is -0.125. The summed E-state index contributed by atoms with van der Waals surface area (Å²) in [5, 5.41) is 8.50. The van der Waals surface area contributed by atoms with Crippen LogP contribution in [0, 0.1) is 5.92 Å². The summed E-state index contributed by atoms with van der Waals surface area (Å²) in [6.07, 6.45) is 6.28. The molecule has 0 unspecified atom stereocenters. The standard InChI is InChI=1S/C26H26ClN5O/c27-22-11-5-4-10-21(22)23-17-24-25(28-14-16-32(24)30-23)31-15-6-9-20(18-31)26(33)29-13-12-19-7-2-1-3-8-19/h1-5,7-8,10-11,14,16-17,20H,6,9,12-13,15,18H2,(H,29,33)/t20-/m1/s1. The Morgan fingerprint density at radius 3 is 2.79 bits per heavy atom. The second kappa shape index (κ2) is 9.63. The minimum Gasteiger partial charge on any atom is -0.355 e. The van der Waals surface area contributed by atoms with Crippen molar-refractivity contribution in [3.05, 3.63) is 83.6 Å². The van der Waals surface area contributed by atoms with E-state index in [-0.39, 0.29) is 11.8 Å². The summed E-state index contributed by atoms with van der Waals surface area (Å²) in [7, 11) is 0. The predicted molar refractivity (Wildman–Crippen MR) is 132 cm³/mol. The first-order chi connectivity index (χ1) is 16.2. The minimum absolute atomic E-state index is 0.0532. The number of fused-ring (bicyclic) bond motifs is 1.